The average Bonchev–Trinajstić information content (AvgIpc) is 2.33. The summed E-state index contributed by atoms with van der Waals surface area (Å²) in [5.41, 5.74) is 0.661. The summed E-state index contributed by atoms with van der Waals surface area (Å²) < 4.78 is 0. The fraction of sp³-hybridized carbons (Fsp3) is 0.714. The molecule has 0 aliphatic carbocycles. The number of aliphatic hydroxyl groups is 1. The lowest BCUT2D eigenvalue weighted by Gasteiger charge is -2.22. The zero-order valence-electron chi connectivity index (χ0n) is 12.7. The Morgan fingerprint density at radius 2 is 2.20 bits per heavy atom. The van der Waals surface area contributed by atoms with Gasteiger partial charge in [0, 0.05) is 29.6 Å². The van der Waals surface area contributed by atoms with E-state index in [1.165, 1.54) is 17.8 Å². The second-order valence-corrected chi connectivity index (χ2v) is 6.90. The van der Waals surface area contributed by atoms with Crippen LogP contribution >= 0.6 is 11.8 Å². The largest absolute Gasteiger partial charge is 0.391 e. The third-order valence-corrected chi connectivity index (χ3v) is 3.58. The maximum absolute atomic E-state index is 11.5. The minimum Gasteiger partial charge on any atom is -0.391 e. The van der Waals surface area contributed by atoms with Crippen molar-refractivity contribution in [2.75, 3.05) is 12.3 Å². The smallest absolute Gasteiger partial charge is 0.251 e. The van der Waals surface area contributed by atoms with E-state index in [9.17, 15) is 9.90 Å². The van der Waals surface area contributed by atoms with Gasteiger partial charge >= 0.3 is 0 Å². The van der Waals surface area contributed by atoms with Crippen LogP contribution in [-0.4, -0.2) is 39.0 Å². The van der Waals surface area contributed by atoms with Crippen molar-refractivity contribution in [3.05, 3.63) is 22.1 Å². The lowest BCUT2D eigenvalue weighted by atomic mass is 10.1. The number of nitrogens with zero attached hydrogens (tertiary/aromatic N) is 1. The van der Waals surface area contributed by atoms with E-state index < -0.39 is 6.10 Å². The topological polar surface area (TPSA) is 78.0 Å². The number of aryl methyl sites for hydroxylation is 1. The zero-order chi connectivity index (χ0) is 15.2. The molecular formula is C14H25N3O2S. The molecule has 1 unspecified atom stereocenters. The summed E-state index contributed by atoms with van der Waals surface area (Å²) in [6, 6.07) is 1.53. The van der Waals surface area contributed by atoms with Gasteiger partial charge in [-0.3, -0.25) is 4.79 Å². The van der Waals surface area contributed by atoms with Crippen LogP contribution in [-0.2, 0) is 6.42 Å². The fourth-order valence-corrected chi connectivity index (χ4v) is 2.42. The number of nitrogens with one attached hydrogen (secondary N) is 2. The molecule has 1 atom stereocenters. The van der Waals surface area contributed by atoms with Gasteiger partial charge in [0.25, 0.3) is 5.56 Å². The molecule has 0 radical (unpaired) electrons. The minimum absolute atomic E-state index is 0.0146. The number of aliphatic hydroxyl groups excluding tert-OH is 1. The summed E-state index contributed by atoms with van der Waals surface area (Å²) in [4.78, 5) is 18.6. The Labute approximate surface area is 124 Å². The van der Waals surface area contributed by atoms with Crippen LogP contribution in [0.15, 0.2) is 16.0 Å². The van der Waals surface area contributed by atoms with Gasteiger partial charge in [-0.25, -0.2) is 4.98 Å². The number of aromatic nitrogens is 2. The maximum Gasteiger partial charge on any atom is 0.251 e. The maximum atomic E-state index is 11.5. The molecule has 1 aromatic heterocycles. The zero-order valence-corrected chi connectivity index (χ0v) is 13.5. The monoisotopic (exact) mass is 299 g/mol. The molecule has 0 bridgehead atoms. The minimum atomic E-state index is -0.473. The molecular weight excluding hydrogens is 274 g/mol. The average molecular weight is 299 g/mol. The van der Waals surface area contributed by atoms with Crippen molar-refractivity contribution < 1.29 is 5.11 Å². The molecule has 6 heteroatoms. The first kappa shape index (κ1) is 17.2. The first-order chi connectivity index (χ1) is 9.30. The standard InChI is InChI=1S/C14H25N3O2S/c1-5-6-10-7-12(19)17-13(16-10)20-9-11(18)8-15-14(2,3)4/h7,11,15,18H,5-6,8-9H2,1-4H3,(H,16,17,19). The Morgan fingerprint density at radius 1 is 1.50 bits per heavy atom. The summed E-state index contributed by atoms with van der Waals surface area (Å²) in [5.74, 6) is 0.502. The van der Waals surface area contributed by atoms with Crippen LogP contribution in [0.4, 0.5) is 0 Å². The van der Waals surface area contributed by atoms with Gasteiger partial charge in [0.05, 0.1) is 6.10 Å². The lowest BCUT2D eigenvalue weighted by molar-refractivity contribution is 0.183. The molecule has 0 aliphatic heterocycles. The number of β-amino-alcohol motifs (C(OH)–C–C–N with tert-alkyl or cyclic N) is 1. The normalized spacial score (nSPS) is 13.4. The summed E-state index contributed by atoms with van der Waals surface area (Å²) in [5, 5.41) is 13.7. The van der Waals surface area contributed by atoms with Crippen LogP contribution in [0.25, 0.3) is 0 Å². The molecule has 0 aliphatic rings. The number of aromatic amines is 1. The van der Waals surface area contributed by atoms with E-state index in [4.69, 9.17) is 0 Å². The summed E-state index contributed by atoms with van der Waals surface area (Å²) in [7, 11) is 0. The third kappa shape index (κ3) is 7.07. The van der Waals surface area contributed by atoms with Gasteiger partial charge in [0.1, 0.15) is 0 Å². The van der Waals surface area contributed by atoms with Crippen LogP contribution in [0.3, 0.4) is 0 Å². The molecule has 0 amide bonds. The van der Waals surface area contributed by atoms with Crippen molar-refractivity contribution in [2.24, 2.45) is 0 Å². The van der Waals surface area contributed by atoms with Crippen molar-refractivity contribution in [1.82, 2.24) is 15.3 Å². The molecule has 3 N–H and O–H groups in total. The SMILES string of the molecule is CCCc1cc(=O)[nH]c(SCC(O)CNC(C)(C)C)n1. The van der Waals surface area contributed by atoms with Gasteiger partial charge in [-0.15, -0.1) is 0 Å². The van der Waals surface area contributed by atoms with Crippen LogP contribution in [0.1, 0.15) is 39.8 Å². The van der Waals surface area contributed by atoms with Crippen molar-refractivity contribution >= 4 is 11.8 Å². The number of rotatable bonds is 7. The number of hydrogen-bond acceptors (Lipinski definition) is 5. The first-order valence-corrected chi connectivity index (χ1v) is 7.95. The van der Waals surface area contributed by atoms with E-state index in [1.54, 1.807) is 0 Å². The molecule has 0 saturated carbocycles. The van der Waals surface area contributed by atoms with Crippen LogP contribution in [0.2, 0.25) is 0 Å². The number of H-pyrrole nitrogens is 1. The summed E-state index contributed by atoms with van der Waals surface area (Å²) in [6.45, 7) is 8.74. The molecule has 114 valence electrons. The van der Waals surface area contributed by atoms with E-state index in [0.717, 1.165) is 18.5 Å². The van der Waals surface area contributed by atoms with Crippen molar-refractivity contribution in [2.45, 2.75) is 57.3 Å². The lowest BCUT2D eigenvalue weighted by Crippen LogP contribution is -2.41. The highest BCUT2D eigenvalue weighted by Crippen LogP contribution is 2.13. The van der Waals surface area contributed by atoms with E-state index in [1.807, 2.05) is 0 Å². The highest BCUT2D eigenvalue weighted by Gasteiger charge is 2.13. The molecule has 20 heavy (non-hydrogen) atoms. The molecule has 0 aromatic carbocycles. The second kappa shape index (κ2) is 7.81. The molecule has 1 heterocycles. The van der Waals surface area contributed by atoms with Gasteiger partial charge in [-0.05, 0) is 27.2 Å². The molecule has 5 nitrogen and oxygen atoms in total. The Balaban J connectivity index is 2.50. The highest BCUT2D eigenvalue weighted by atomic mass is 32.2. The number of hydrogen-bond donors (Lipinski definition) is 3. The summed E-state index contributed by atoms with van der Waals surface area (Å²) in [6.07, 6.45) is 1.28. The Hall–Kier alpha value is -0.850. The van der Waals surface area contributed by atoms with Gasteiger partial charge in [0.15, 0.2) is 5.16 Å². The highest BCUT2D eigenvalue weighted by molar-refractivity contribution is 7.99. The van der Waals surface area contributed by atoms with E-state index in [-0.39, 0.29) is 11.1 Å². The Bertz CT molecular complexity index is 468. The fourth-order valence-electron chi connectivity index (χ4n) is 1.59. The number of thioether (sulfide) groups is 1. The first-order valence-electron chi connectivity index (χ1n) is 6.96. The van der Waals surface area contributed by atoms with Gasteiger partial charge in [-0.1, -0.05) is 25.1 Å². The molecule has 0 fully saturated rings. The molecule has 0 saturated heterocycles. The Kier molecular flexibility index (Phi) is 6.71. The van der Waals surface area contributed by atoms with Crippen molar-refractivity contribution in [1.29, 1.82) is 0 Å². The van der Waals surface area contributed by atoms with Crippen molar-refractivity contribution in [3.8, 4) is 0 Å². The predicted molar refractivity (Wildman–Crippen MR) is 83.3 cm³/mol. The predicted octanol–water partition coefficient (Wildman–Crippen LogP) is 1.56. The molecule has 0 spiro atoms. The Morgan fingerprint density at radius 3 is 2.80 bits per heavy atom. The molecule has 1 aromatic rings. The second-order valence-electron chi connectivity index (χ2n) is 5.89. The molecule has 1 rings (SSSR count). The van der Waals surface area contributed by atoms with Crippen molar-refractivity contribution in [3.63, 3.8) is 0 Å². The van der Waals surface area contributed by atoms with E-state index >= 15 is 0 Å². The van der Waals surface area contributed by atoms with Gasteiger partial charge in [0.2, 0.25) is 0 Å². The summed E-state index contributed by atoms with van der Waals surface area (Å²) >= 11 is 1.38. The third-order valence-electron chi connectivity index (χ3n) is 2.56. The van der Waals surface area contributed by atoms with Gasteiger partial charge < -0.3 is 15.4 Å². The van der Waals surface area contributed by atoms with Crippen LogP contribution in [0.5, 0.6) is 0 Å². The van der Waals surface area contributed by atoms with Gasteiger partial charge in [-0.2, -0.15) is 0 Å². The van der Waals surface area contributed by atoms with Crippen LogP contribution < -0.4 is 10.9 Å². The quantitative estimate of drug-likeness (QED) is 0.526. The van der Waals surface area contributed by atoms with E-state index in [0.29, 0.717) is 17.5 Å². The van der Waals surface area contributed by atoms with Crippen LogP contribution in [0, 0.1) is 0 Å². The van der Waals surface area contributed by atoms with E-state index in [2.05, 4.69) is 43.0 Å².